The van der Waals surface area contributed by atoms with Gasteiger partial charge in [-0.1, -0.05) is 32.0 Å². The lowest BCUT2D eigenvalue weighted by molar-refractivity contribution is -0.147. The lowest BCUT2D eigenvalue weighted by Gasteiger charge is -2.15. The average Bonchev–Trinajstić information content (AvgIpc) is 3.22. The van der Waals surface area contributed by atoms with Gasteiger partial charge in [-0.25, -0.2) is 4.79 Å². The Labute approximate surface area is 192 Å². The van der Waals surface area contributed by atoms with Crippen LogP contribution in [0, 0.1) is 0 Å². The van der Waals surface area contributed by atoms with Gasteiger partial charge in [-0.05, 0) is 78.6 Å². The lowest BCUT2D eigenvalue weighted by Crippen LogP contribution is -2.32. The Bertz CT molecular complexity index is 1210. The molecule has 2 aromatic carbocycles. The summed E-state index contributed by atoms with van der Waals surface area (Å²) in [5, 5.41) is 23.6. The van der Waals surface area contributed by atoms with Crippen LogP contribution in [0.4, 0.5) is 0 Å². The number of aromatic nitrogens is 1. The summed E-state index contributed by atoms with van der Waals surface area (Å²) in [6.07, 6.45) is 4.82. The number of carbonyl (C=O) groups excluding carboxylic acids is 1. The minimum Gasteiger partial charge on any atom is -0.506 e. The Hall–Kier alpha value is -3.16. The van der Waals surface area contributed by atoms with Crippen molar-refractivity contribution in [3.8, 4) is 5.75 Å². The first kappa shape index (κ1) is 23.0. The molecule has 33 heavy (non-hydrogen) atoms. The van der Waals surface area contributed by atoms with Crippen LogP contribution in [0.2, 0.25) is 0 Å². The maximum Gasteiger partial charge on any atom is 0.358 e. The monoisotopic (exact) mass is 450 g/mol. The largest absolute Gasteiger partial charge is 0.506 e. The molecule has 1 aromatic heterocycles. The molecule has 0 radical (unpaired) electrons. The number of benzene rings is 2. The molecule has 0 amide bonds. The topological polar surface area (TPSA) is 101 Å². The first-order chi connectivity index (χ1) is 15.9. The number of aliphatic hydroxyl groups is 1. The van der Waals surface area contributed by atoms with Crippen molar-refractivity contribution in [3.63, 3.8) is 0 Å². The number of aromatic hydroxyl groups is 1. The van der Waals surface area contributed by atoms with E-state index in [1.807, 2.05) is 6.07 Å². The van der Waals surface area contributed by atoms with Gasteiger partial charge in [0, 0.05) is 17.5 Å². The van der Waals surface area contributed by atoms with Crippen molar-refractivity contribution in [2.75, 3.05) is 13.2 Å². The SMILES string of the molecule is CCc1cc2c(cc1CC)CC(NCCc1ccc(O)c3c1ccc(=O)n3OC(=O)CO)C2. The van der Waals surface area contributed by atoms with E-state index in [4.69, 9.17) is 9.94 Å². The van der Waals surface area contributed by atoms with Crippen LogP contribution in [0.15, 0.2) is 41.2 Å². The molecular weight excluding hydrogens is 420 g/mol. The van der Waals surface area contributed by atoms with Gasteiger partial charge in [-0.3, -0.25) is 4.79 Å². The van der Waals surface area contributed by atoms with E-state index in [2.05, 4.69) is 31.3 Å². The maximum absolute atomic E-state index is 12.2. The van der Waals surface area contributed by atoms with E-state index in [0.717, 1.165) is 42.5 Å². The van der Waals surface area contributed by atoms with Crippen molar-refractivity contribution in [1.82, 2.24) is 10.0 Å². The summed E-state index contributed by atoms with van der Waals surface area (Å²) in [5.74, 6) is -1.15. The van der Waals surface area contributed by atoms with Gasteiger partial charge in [-0.15, -0.1) is 4.73 Å². The Morgan fingerprint density at radius 2 is 1.73 bits per heavy atom. The predicted octanol–water partition coefficient (Wildman–Crippen LogP) is 2.08. The van der Waals surface area contributed by atoms with Crippen LogP contribution in [0.3, 0.4) is 0 Å². The third-order valence-corrected chi connectivity index (χ3v) is 6.45. The number of phenols is 1. The highest BCUT2D eigenvalue weighted by Gasteiger charge is 2.22. The van der Waals surface area contributed by atoms with E-state index in [1.54, 1.807) is 6.07 Å². The molecule has 0 atom stereocenters. The molecule has 0 aliphatic heterocycles. The van der Waals surface area contributed by atoms with E-state index in [1.165, 1.54) is 34.4 Å². The van der Waals surface area contributed by atoms with Crippen LogP contribution in [0.5, 0.6) is 5.75 Å². The highest BCUT2D eigenvalue weighted by molar-refractivity contribution is 5.88. The summed E-state index contributed by atoms with van der Waals surface area (Å²) < 4.78 is 0.740. The molecule has 0 saturated carbocycles. The van der Waals surface area contributed by atoms with Crippen LogP contribution in [-0.4, -0.2) is 40.1 Å². The molecule has 3 aromatic rings. The summed E-state index contributed by atoms with van der Waals surface area (Å²) >= 11 is 0. The molecule has 7 heteroatoms. The van der Waals surface area contributed by atoms with Crippen LogP contribution in [0.1, 0.15) is 41.7 Å². The van der Waals surface area contributed by atoms with Gasteiger partial charge in [0.25, 0.3) is 5.56 Å². The number of nitrogens with one attached hydrogen (secondary N) is 1. The number of fused-ring (bicyclic) bond motifs is 2. The van der Waals surface area contributed by atoms with E-state index in [-0.39, 0.29) is 11.3 Å². The van der Waals surface area contributed by atoms with Crippen LogP contribution < -0.4 is 15.7 Å². The van der Waals surface area contributed by atoms with Gasteiger partial charge in [0.2, 0.25) is 0 Å². The molecule has 1 heterocycles. The van der Waals surface area contributed by atoms with Gasteiger partial charge < -0.3 is 20.4 Å². The van der Waals surface area contributed by atoms with E-state index in [9.17, 15) is 14.7 Å². The summed E-state index contributed by atoms with van der Waals surface area (Å²) in [7, 11) is 0. The third kappa shape index (κ3) is 4.65. The highest BCUT2D eigenvalue weighted by Crippen LogP contribution is 2.28. The number of nitrogens with zero attached hydrogens (tertiary/aromatic N) is 1. The Kier molecular flexibility index (Phi) is 6.81. The smallest absolute Gasteiger partial charge is 0.358 e. The van der Waals surface area contributed by atoms with Crippen molar-refractivity contribution < 1.29 is 19.8 Å². The molecule has 174 valence electrons. The second kappa shape index (κ2) is 9.77. The molecule has 0 unspecified atom stereocenters. The number of hydrogen-bond donors (Lipinski definition) is 3. The zero-order valence-corrected chi connectivity index (χ0v) is 19.1. The fourth-order valence-electron chi connectivity index (χ4n) is 4.80. The van der Waals surface area contributed by atoms with Gasteiger partial charge in [0.15, 0.2) is 0 Å². The molecular formula is C26H30N2O5. The molecule has 0 bridgehead atoms. The van der Waals surface area contributed by atoms with E-state index < -0.39 is 18.1 Å². The number of aliphatic hydroxyl groups excluding tert-OH is 1. The Morgan fingerprint density at radius 3 is 2.33 bits per heavy atom. The number of rotatable bonds is 8. The zero-order chi connectivity index (χ0) is 23.5. The van der Waals surface area contributed by atoms with E-state index in [0.29, 0.717) is 17.8 Å². The summed E-state index contributed by atoms with van der Waals surface area (Å²) in [6, 6.07) is 11.3. The summed E-state index contributed by atoms with van der Waals surface area (Å²) in [5.41, 5.74) is 6.20. The average molecular weight is 451 g/mol. The predicted molar refractivity (Wildman–Crippen MR) is 127 cm³/mol. The molecule has 0 spiro atoms. The molecule has 0 saturated heterocycles. The highest BCUT2D eigenvalue weighted by atomic mass is 16.7. The molecule has 1 aliphatic rings. The Morgan fingerprint density at radius 1 is 1.06 bits per heavy atom. The van der Waals surface area contributed by atoms with Crippen LogP contribution >= 0.6 is 0 Å². The Balaban J connectivity index is 1.49. The summed E-state index contributed by atoms with van der Waals surface area (Å²) in [6.45, 7) is 4.28. The number of hydrogen-bond acceptors (Lipinski definition) is 6. The van der Waals surface area contributed by atoms with Crippen molar-refractivity contribution in [2.45, 2.75) is 52.0 Å². The lowest BCUT2D eigenvalue weighted by atomic mass is 9.97. The number of phenolic OH excluding ortho intramolecular Hbond substituents is 1. The molecule has 0 fully saturated rings. The minimum absolute atomic E-state index is 0.120. The van der Waals surface area contributed by atoms with Crippen molar-refractivity contribution >= 4 is 16.9 Å². The number of pyridine rings is 1. The van der Waals surface area contributed by atoms with Crippen molar-refractivity contribution in [1.29, 1.82) is 0 Å². The number of aryl methyl sites for hydroxylation is 2. The van der Waals surface area contributed by atoms with Crippen molar-refractivity contribution in [2.24, 2.45) is 0 Å². The molecule has 3 N–H and O–H groups in total. The first-order valence-electron chi connectivity index (χ1n) is 11.5. The van der Waals surface area contributed by atoms with Gasteiger partial charge in [0.1, 0.15) is 17.9 Å². The first-order valence-corrected chi connectivity index (χ1v) is 11.5. The fraction of sp³-hybridized carbons (Fsp3) is 0.385. The van der Waals surface area contributed by atoms with Gasteiger partial charge >= 0.3 is 5.97 Å². The van der Waals surface area contributed by atoms with Gasteiger partial charge in [0.05, 0.1) is 0 Å². The normalized spacial score (nSPS) is 13.4. The standard InChI is InChI=1S/C26H30N2O5/c1-3-16-11-19-13-21(14-20(19)12-17(16)4-2)27-10-9-18-5-7-23(30)26-22(18)6-8-24(31)28(26)33-25(32)15-29/h5-8,11-12,21,27,29-30H,3-4,9-10,13-15H2,1-2H3. The van der Waals surface area contributed by atoms with Gasteiger partial charge in [-0.2, -0.15) is 0 Å². The quantitative estimate of drug-likeness (QED) is 0.486. The van der Waals surface area contributed by atoms with Crippen molar-refractivity contribution in [3.05, 3.63) is 74.6 Å². The second-order valence-electron chi connectivity index (χ2n) is 8.50. The van der Waals surface area contributed by atoms with Crippen LogP contribution in [-0.2, 0) is 36.9 Å². The van der Waals surface area contributed by atoms with E-state index >= 15 is 0 Å². The minimum atomic E-state index is -0.977. The maximum atomic E-state index is 12.2. The number of carbonyl (C=O) groups is 1. The molecule has 1 aliphatic carbocycles. The second-order valence-corrected chi connectivity index (χ2v) is 8.50. The molecule has 4 rings (SSSR count). The summed E-state index contributed by atoms with van der Waals surface area (Å²) in [4.78, 5) is 28.7. The fourth-order valence-corrected chi connectivity index (χ4v) is 4.80. The third-order valence-electron chi connectivity index (χ3n) is 6.45. The van der Waals surface area contributed by atoms with Crippen LogP contribution in [0.25, 0.3) is 10.9 Å². The zero-order valence-electron chi connectivity index (χ0n) is 19.1. The molecule has 7 nitrogen and oxygen atoms in total.